The fraction of sp³-hybridized carbons (Fsp3) is 0.0588. The van der Waals surface area contributed by atoms with Crippen LogP contribution in [0.2, 0.25) is 5.02 Å². The first-order chi connectivity index (χ1) is 11.9. The fourth-order valence-electron chi connectivity index (χ4n) is 2.19. The Balaban J connectivity index is 1.91. The lowest BCUT2D eigenvalue weighted by atomic mass is 10.2. The molecule has 1 amide bonds. The summed E-state index contributed by atoms with van der Waals surface area (Å²) in [5.74, 6) is -0.211. The van der Waals surface area contributed by atoms with Gasteiger partial charge >= 0.3 is 0 Å². The van der Waals surface area contributed by atoms with Crippen LogP contribution in [-0.2, 0) is 4.79 Å². The first kappa shape index (κ1) is 17.2. The Morgan fingerprint density at radius 1 is 1.24 bits per heavy atom. The van der Waals surface area contributed by atoms with Crippen molar-refractivity contribution in [1.82, 2.24) is 4.90 Å². The van der Waals surface area contributed by atoms with Crippen LogP contribution in [0.25, 0.3) is 6.08 Å². The predicted octanol–water partition coefficient (Wildman–Crippen LogP) is 4.48. The van der Waals surface area contributed by atoms with E-state index in [9.17, 15) is 14.9 Å². The van der Waals surface area contributed by atoms with E-state index in [4.69, 9.17) is 11.6 Å². The number of halogens is 1. The number of amides is 1. The summed E-state index contributed by atoms with van der Waals surface area (Å²) >= 11 is 7.16. The molecule has 1 heterocycles. The minimum atomic E-state index is -0.468. The summed E-state index contributed by atoms with van der Waals surface area (Å²) in [7, 11) is 1.63. The van der Waals surface area contributed by atoms with Gasteiger partial charge in [0.15, 0.2) is 5.17 Å². The highest BCUT2D eigenvalue weighted by Gasteiger charge is 2.30. The molecule has 8 heteroatoms. The van der Waals surface area contributed by atoms with Gasteiger partial charge < -0.3 is 0 Å². The number of carbonyl (C=O) groups is 1. The predicted molar refractivity (Wildman–Crippen MR) is 100.0 cm³/mol. The van der Waals surface area contributed by atoms with Gasteiger partial charge in [-0.1, -0.05) is 29.8 Å². The van der Waals surface area contributed by atoms with Gasteiger partial charge in [-0.25, -0.2) is 4.99 Å². The van der Waals surface area contributed by atoms with E-state index in [-0.39, 0.29) is 11.6 Å². The van der Waals surface area contributed by atoms with E-state index in [1.807, 2.05) is 0 Å². The topological polar surface area (TPSA) is 75.8 Å². The van der Waals surface area contributed by atoms with Gasteiger partial charge in [0.2, 0.25) is 0 Å². The summed E-state index contributed by atoms with van der Waals surface area (Å²) in [6.45, 7) is 0. The first-order valence-electron chi connectivity index (χ1n) is 7.20. The molecule has 6 nitrogen and oxygen atoms in total. The van der Waals surface area contributed by atoms with Gasteiger partial charge in [-0.2, -0.15) is 0 Å². The number of non-ortho nitro benzene ring substituents is 1. The van der Waals surface area contributed by atoms with Crippen molar-refractivity contribution in [3.63, 3.8) is 0 Å². The quantitative estimate of drug-likeness (QED) is 0.451. The van der Waals surface area contributed by atoms with Crippen molar-refractivity contribution in [1.29, 1.82) is 0 Å². The van der Waals surface area contributed by atoms with Crippen LogP contribution in [0.5, 0.6) is 0 Å². The molecular weight excluding hydrogens is 362 g/mol. The molecule has 0 aromatic heterocycles. The Hall–Kier alpha value is -2.64. The first-order valence-corrected chi connectivity index (χ1v) is 8.40. The van der Waals surface area contributed by atoms with Crippen LogP contribution in [0.3, 0.4) is 0 Å². The van der Waals surface area contributed by atoms with Gasteiger partial charge in [-0.3, -0.25) is 19.8 Å². The molecule has 126 valence electrons. The minimum Gasteiger partial charge on any atom is -0.290 e. The van der Waals surface area contributed by atoms with Crippen LogP contribution in [0.4, 0.5) is 11.4 Å². The molecule has 0 atom stereocenters. The number of nitro benzene ring substituents is 1. The zero-order valence-corrected chi connectivity index (χ0v) is 14.6. The Morgan fingerprint density at radius 3 is 2.72 bits per heavy atom. The van der Waals surface area contributed by atoms with Crippen LogP contribution in [0.1, 0.15) is 5.56 Å². The summed E-state index contributed by atoms with van der Waals surface area (Å²) < 4.78 is 0. The average molecular weight is 374 g/mol. The Labute approximate surface area is 153 Å². The van der Waals surface area contributed by atoms with E-state index in [1.54, 1.807) is 49.5 Å². The van der Waals surface area contributed by atoms with Crippen LogP contribution in [-0.4, -0.2) is 27.9 Å². The lowest BCUT2D eigenvalue weighted by Crippen LogP contribution is -2.23. The van der Waals surface area contributed by atoms with E-state index in [2.05, 4.69) is 4.99 Å². The Morgan fingerprint density at radius 2 is 2.00 bits per heavy atom. The third-order valence-electron chi connectivity index (χ3n) is 3.42. The molecular formula is C17H12ClN3O3S. The summed E-state index contributed by atoms with van der Waals surface area (Å²) in [6, 6.07) is 13.1. The zero-order valence-electron chi connectivity index (χ0n) is 13.0. The number of aliphatic imine (C=N–C) groups is 1. The third-order valence-corrected chi connectivity index (χ3v) is 4.71. The molecule has 0 bridgehead atoms. The summed E-state index contributed by atoms with van der Waals surface area (Å²) in [5, 5.41) is 11.9. The molecule has 25 heavy (non-hydrogen) atoms. The number of rotatable bonds is 3. The monoisotopic (exact) mass is 373 g/mol. The molecule has 0 spiro atoms. The van der Waals surface area contributed by atoms with Crippen molar-refractivity contribution in [2.75, 3.05) is 7.05 Å². The van der Waals surface area contributed by atoms with Crippen molar-refractivity contribution >= 4 is 51.9 Å². The summed E-state index contributed by atoms with van der Waals surface area (Å²) in [4.78, 5) is 29.1. The Bertz CT molecular complexity index is 927. The molecule has 2 aromatic carbocycles. The maximum Gasteiger partial charge on any atom is 0.270 e. The molecule has 1 aliphatic heterocycles. The highest BCUT2D eigenvalue weighted by atomic mass is 35.5. The van der Waals surface area contributed by atoms with Crippen molar-refractivity contribution in [3.05, 3.63) is 74.1 Å². The van der Waals surface area contributed by atoms with Gasteiger partial charge in [0.05, 0.1) is 15.5 Å². The molecule has 1 saturated heterocycles. The van der Waals surface area contributed by atoms with Gasteiger partial charge in [0.25, 0.3) is 11.6 Å². The molecule has 2 aromatic rings. The van der Waals surface area contributed by atoms with Crippen LogP contribution in [0, 0.1) is 10.1 Å². The Kier molecular flexibility index (Phi) is 4.87. The average Bonchev–Trinajstić information content (AvgIpc) is 2.83. The summed E-state index contributed by atoms with van der Waals surface area (Å²) in [5.41, 5.74) is 1.21. The molecule has 3 rings (SSSR count). The highest BCUT2D eigenvalue weighted by Crippen LogP contribution is 2.33. The minimum absolute atomic E-state index is 0.0223. The number of benzene rings is 2. The second kappa shape index (κ2) is 7.08. The van der Waals surface area contributed by atoms with E-state index < -0.39 is 4.92 Å². The zero-order chi connectivity index (χ0) is 18.0. The van der Waals surface area contributed by atoms with Crippen molar-refractivity contribution in [2.24, 2.45) is 4.99 Å². The number of carbonyl (C=O) groups excluding carboxylic acids is 1. The molecule has 0 saturated carbocycles. The number of thioether (sulfide) groups is 1. The van der Waals surface area contributed by atoms with Gasteiger partial charge in [-0.05, 0) is 41.6 Å². The maximum absolute atomic E-state index is 12.4. The van der Waals surface area contributed by atoms with E-state index in [0.29, 0.717) is 26.3 Å². The smallest absolute Gasteiger partial charge is 0.270 e. The van der Waals surface area contributed by atoms with E-state index in [0.717, 1.165) is 0 Å². The standard InChI is InChI=1S/C17H12ClN3O3S/c1-20-16(22)15(9-11-4-2-7-14(8-11)21(23)24)25-17(20)19-13-6-3-5-12(18)10-13/h2-10H,1H3/b15-9+,19-17?. The van der Waals surface area contributed by atoms with Gasteiger partial charge in [-0.15, -0.1) is 0 Å². The molecule has 0 N–H and O–H groups in total. The van der Waals surface area contributed by atoms with Crippen LogP contribution >= 0.6 is 23.4 Å². The fourth-order valence-corrected chi connectivity index (χ4v) is 3.36. The SMILES string of the molecule is CN1C(=O)/C(=C\c2cccc([N+](=O)[O-])c2)SC1=Nc1cccc(Cl)c1. The van der Waals surface area contributed by atoms with Crippen molar-refractivity contribution < 1.29 is 9.72 Å². The maximum atomic E-state index is 12.4. The number of amidine groups is 1. The molecule has 1 fully saturated rings. The van der Waals surface area contributed by atoms with Crippen molar-refractivity contribution in [2.45, 2.75) is 0 Å². The lowest BCUT2D eigenvalue weighted by molar-refractivity contribution is -0.384. The lowest BCUT2D eigenvalue weighted by Gasteiger charge is -2.07. The second-order valence-electron chi connectivity index (χ2n) is 5.20. The third kappa shape index (κ3) is 3.89. The van der Waals surface area contributed by atoms with Crippen LogP contribution < -0.4 is 0 Å². The van der Waals surface area contributed by atoms with Gasteiger partial charge in [0, 0.05) is 24.2 Å². The number of hydrogen-bond donors (Lipinski definition) is 0. The van der Waals surface area contributed by atoms with E-state index >= 15 is 0 Å². The van der Waals surface area contributed by atoms with Crippen molar-refractivity contribution in [3.8, 4) is 0 Å². The molecule has 1 aliphatic rings. The number of likely N-dealkylation sites (N-methyl/N-ethyl adjacent to an activating group) is 1. The number of nitrogens with zero attached hydrogens (tertiary/aromatic N) is 3. The van der Waals surface area contributed by atoms with Gasteiger partial charge in [0.1, 0.15) is 0 Å². The normalized spacial score (nSPS) is 17.5. The van der Waals surface area contributed by atoms with Crippen LogP contribution in [0.15, 0.2) is 58.4 Å². The molecule has 0 radical (unpaired) electrons. The molecule has 0 unspecified atom stereocenters. The number of nitro groups is 1. The highest BCUT2D eigenvalue weighted by molar-refractivity contribution is 8.18. The largest absolute Gasteiger partial charge is 0.290 e. The number of hydrogen-bond acceptors (Lipinski definition) is 5. The summed E-state index contributed by atoms with van der Waals surface area (Å²) in [6.07, 6.45) is 1.62. The molecule has 0 aliphatic carbocycles. The van der Waals surface area contributed by atoms with E-state index in [1.165, 1.54) is 28.8 Å². The second-order valence-corrected chi connectivity index (χ2v) is 6.65.